The van der Waals surface area contributed by atoms with Crippen LogP contribution in [0.2, 0.25) is 0 Å². The summed E-state index contributed by atoms with van der Waals surface area (Å²) in [6, 6.07) is 0. The van der Waals surface area contributed by atoms with Crippen molar-refractivity contribution in [2.45, 2.75) is 0 Å². The monoisotopic (exact) mass is 174 g/mol. The van der Waals surface area contributed by atoms with E-state index in [1.54, 1.807) is 0 Å². The summed E-state index contributed by atoms with van der Waals surface area (Å²) in [5.41, 5.74) is 5.17. The predicted octanol–water partition coefficient (Wildman–Crippen LogP) is -0.563. The molecule has 0 aromatic carbocycles. The van der Waals surface area contributed by atoms with Gasteiger partial charge < -0.3 is 5.73 Å². The third-order valence-electron chi connectivity index (χ3n) is 1.32. The molecule has 0 atom stereocenters. The number of carbonyl (C=O) groups excluding carboxylic acids is 2. The van der Waals surface area contributed by atoms with Gasteiger partial charge in [-0.15, -0.1) is 0 Å². The molecule has 1 aliphatic heterocycles. The summed E-state index contributed by atoms with van der Waals surface area (Å²) in [6.07, 6.45) is 1.10. The van der Waals surface area contributed by atoms with E-state index in [1.165, 1.54) is 0 Å². The molecule has 1 rings (SSSR count). The van der Waals surface area contributed by atoms with E-state index in [0.29, 0.717) is 0 Å². The zero-order valence-corrected chi connectivity index (χ0v) is 6.47. The van der Waals surface area contributed by atoms with Gasteiger partial charge in [0, 0.05) is 19.2 Å². The molecular weight excluding hydrogens is 168 g/mol. The molecule has 1 aliphatic rings. The van der Waals surface area contributed by atoms with Crippen LogP contribution in [0.5, 0.6) is 0 Å². The molecule has 2 amide bonds. The summed E-state index contributed by atoms with van der Waals surface area (Å²) in [6.45, 7) is 0.486. The topological polar surface area (TPSA) is 63.4 Å². The second-order valence-corrected chi connectivity index (χ2v) is 2.48. The standard InChI is InChI=1S/C6H7ClN2O2/c7-4-3-5(10)9(2-1-8)6(4)11/h3H,1-2,8H2. The van der Waals surface area contributed by atoms with Gasteiger partial charge in [-0.3, -0.25) is 14.5 Å². The van der Waals surface area contributed by atoms with Crippen molar-refractivity contribution in [1.29, 1.82) is 0 Å². The quantitative estimate of drug-likeness (QED) is 0.571. The summed E-state index contributed by atoms with van der Waals surface area (Å²) < 4.78 is 0. The fraction of sp³-hybridized carbons (Fsp3) is 0.333. The smallest absolute Gasteiger partial charge is 0.272 e. The van der Waals surface area contributed by atoms with Crippen molar-refractivity contribution < 1.29 is 9.59 Å². The molecule has 4 nitrogen and oxygen atoms in total. The highest BCUT2D eigenvalue weighted by Gasteiger charge is 2.28. The SMILES string of the molecule is NCCN1C(=O)C=C(Cl)C1=O. The molecule has 5 heteroatoms. The third-order valence-corrected chi connectivity index (χ3v) is 1.59. The van der Waals surface area contributed by atoms with Crippen LogP contribution in [0, 0.1) is 0 Å². The van der Waals surface area contributed by atoms with E-state index >= 15 is 0 Å². The Morgan fingerprint density at radius 2 is 2.18 bits per heavy atom. The molecule has 2 N–H and O–H groups in total. The zero-order chi connectivity index (χ0) is 8.43. The van der Waals surface area contributed by atoms with Crippen molar-refractivity contribution in [2.24, 2.45) is 5.73 Å². The first-order valence-corrected chi connectivity index (χ1v) is 3.47. The molecule has 11 heavy (non-hydrogen) atoms. The van der Waals surface area contributed by atoms with E-state index in [9.17, 15) is 9.59 Å². The molecular formula is C6H7ClN2O2. The van der Waals surface area contributed by atoms with E-state index in [-0.39, 0.29) is 24.0 Å². The average Bonchev–Trinajstić information content (AvgIpc) is 2.17. The van der Waals surface area contributed by atoms with Gasteiger partial charge in [-0.1, -0.05) is 11.6 Å². The lowest BCUT2D eigenvalue weighted by Crippen LogP contribution is -2.35. The Balaban J connectivity index is 2.73. The van der Waals surface area contributed by atoms with Crippen molar-refractivity contribution in [3.05, 3.63) is 11.1 Å². The molecule has 0 fully saturated rings. The lowest BCUT2D eigenvalue weighted by Gasteiger charge is -2.11. The Hall–Kier alpha value is -0.870. The van der Waals surface area contributed by atoms with Crippen molar-refractivity contribution in [2.75, 3.05) is 13.1 Å². The van der Waals surface area contributed by atoms with Crippen LogP contribution >= 0.6 is 11.6 Å². The number of imide groups is 1. The van der Waals surface area contributed by atoms with Crippen molar-refractivity contribution in [3.8, 4) is 0 Å². The highest BCUT2D eigenvalue weighted by molar-refractivity contribution is 6.46. The first-order chi connectivity index (χ1) is 5.16. The normalized spacial score (nSPS) is 17.6. The van der Waals surface area contributed by atoms with Crippen LogP contribution in [-0.2, 0) is 9.59 Å². The van der Waals surface area contributed by atoms with E-state index in [1.807, 2.05) is 0 Å². The Labute approximate surface area is 68.6 Å². The number of halogens is 1. The van der Waals surface area contributed by atoms with Gasteiger partial charge in [-0.05, 0) is 0 Å². The van der Waals surface area contributed by atoms with E-state index in [0.717, 1.165) is 11.0 Å². The second-order valence-electron chi connectivity index (χ2n) is 2.08. The second kappa shape index (κ2) is 3.02. The first-order valence-electron chi connectivity index (χ1n) is 3.10. The zero-order valence-electron chi connectivity index (χ0n) is 5.71. The molecule has 60 valence electrons. The third kappa shape index (κ3) is 1.41. The van der Waals surface area contributed by atoms with Crippen LogP contribution in [0.3, 0.4) is 0 Å². The van der Waals surface area contributed by atoms with Crippen LogP contribution in [0.15, 0.2) is 11.1 Å². The summed E-state index contributed by atoms with van der Waals surface area (Å²) in [7, 11) is 0. The van der Waals surface area contributed by atoms with E-state index in [4.69, 9.17) is 17.3 Å². The van der Waals surface area contributed by atoms with Gasteiger partial charge in [0.05, 0.1) is 0 Å². The number of nitrogens with zero attached hydrogens (tertiary/aromatic N) is 1. The van der Waals surface area contributed by atoms with Crippen LogP contribution in [0.1, 0.15) is 0 Å². The number of hydrogen-bond acceptors (Lipinski definition) is 3. The molecule has 0 bridgehead atoms. The summed E-state index contributed by atoms with van der Waals surface area (Å²) >= 11 is 5.40. The average molecular weight is 175 g/mol. The van der Waals surface area contributed by atoms with Crippen molar-refractivity contribution in [3.63, 3.8) is 0 Å². The number of rotatable bonds is 2. The van der Waals surface area contributed by atoms with Gasteiger partial charge in [0.15, 0.2) is 0 Å². The fourth-order valence-electron chi connectivity index (χ4n) is 0.818. The number of carbonyl (C=O) groups is 2. The predicted molar refractivity (Wildman–Crippen MR) is 39.7 cm³/mol. The van der Waals surface area contributed by atoms with E-state index < -0.39 is 5.91 Å². The van der Waals surface area contributed by atoms with Crippen LogP contribution in [0.25, 0.3) is 0 Å². The fourth-order valence-corrected chi connectivity index (χ4v) is 1.01. The van der Waals surface area contributed by atoms with E-state index in [2.05, 4.69) is 0 Å². The molecule has 0 saturated carbocycles. The van der Waals surface area contributed by atoms with Crippen LogP contribution < -0.4 is 5.73 Å². The van der Waals surface area contributed by atoms with Gasteiger partial charge in [-0.25, -0.2) is 0 Å². The maximum absolute atomic E-state index is 11.0. The Morgan fingerprint density at radius 3 is 2.55 bits per heavy atom. The molecule has 0 aromatic heterocycles. The number of amides is 2. The Morgan fingerprint density at radius 1 is 1.55 bits per heavy atom. The van der Waals surface area contributed by atoms with Gasteiger partial charge in [0.25, 0.3) is 11.8 Å². The number of hydrogen-bond donors (Lipinski definition) is 1. The lowest BCUT2D eigenvalue weighted by molar-refractivity contribution is -0.136. The molecule has 0 saturated heterocycles. The minimum Gasteiger partial charge on any atom is -0.329 e. The minimum absolute atomic E-state index is 0.0385. The van der Waals surface area contributed by atoms with Gasteiger partial charge in [-0.2, -0.15) is 0 Å². The largest absolute Gasteiger partial charge is 0.329 e. The maximum Gasteiger partial charge on any atom is 0.272 e. The molecule has 0 unspecified atom stereocenters. The van der Waals surface area contributed by atoms with Gasteiger partial charge in [0.1, 0.15) is 5.03 Å². The molecule has 0 spiro atoms. The summed E-state index contributed by atoms with van der Waals surface area (Å²) in [4.78, 5) is 22.8. The van der Waals surface area contributed by atoms with Crippen LogP contribution in [0.4, 0.5) is 0 Å². The lowest BCUT2D eigenvalue weighted by atomic mass is 10.5. The highest BCUT2D eigenvalue weighted by atomic mass is 35.5. The number of nitrogens with two attached hydrogens (primary N) is 1. The maximum atomic E-state index is 11.0. The highest BCUT2D eigenvalue weighted by Crippen LogP contribution is 2.14. The van der Waals surface area contributed by atoms with Crippen molar-refractivity contribution >= 4 is 23.4 Å². The minimum atomic E-state index is -0.456. The summed E-state index contributed by atoms with van der Waals surface area (Å²) in [5, 5.41) is -0.0385. The summed E-state index contributed by atoms with van der Waals surface area (Å²) in [5.74, 6) is -0.840. The van der Waals surface area contributed by atoms with Gasteiger partial charge >= 0.3 is 0 Å². The molecule has 0 aliphatic carbocycles. The Bertz CT molecular complexity index is 237. The Kier molecular flexibility index (Phi) is 2.26. The molecule has 0 aromatic rings. The molecule has 0 radical (unpaired) electrons. The first kappa shape index (κ1) is 8.23. The van der Waals surface area contributed by atoms with Gasteiger partial charge in [0.2, 0.25) is 0 Å². The van der Waals surface area contributed by atoms with Crippen molar-refractivity contribution in [1.82, 2.24) is 4.90 Å². The van der Waals surface area contributed by atoms with Crippen LogP contribution in [-0.4, -0.2) is 29.8 Å². The molecule has 1 heterocycles.